The Morgan fingerprint density at radius 2 is 1.76 bits per heavy atom. The molecule has 0 unspecified atom stereocenters. The summed E-state index contributed by atoms with van der Waals surface area (Å²) in [5, 5.41) is 11.5. The molecule has 0 fully saturated rings. The number of anilines is 1. The Labute approximate surface area is 120 Å². The van der Waals surface area contributed by atoms with Gasteiger partial charge in [0, 0.05) is 13.1 Å². The summed E-state index contributed by atoms with van der Waals surface area (Å²) in [5.74, 6) is -4.09. The molecular weight excluding hydrogens is 278 g/mol. The molecule has 0 aliphatic heterocycles. The molecule has 0 saturated carbocycles. The largest absolute Gasteiger partial charge is 0.478 e. The Hall–Kier alpha value is -2.47. The van der Waals surface area contributed by atoms with E-state index >= 15 is 0 Å². The number of nitrogens with one attached hydrogen (secondary N) is 1. The molecule has 0 saturated heterocycles. The van der Waals surface area contributed by atoms with Crippen molar-refractivity contribution in [3.8, 4) is 0 Å². The first kappa shape index (κ1) is 14.9. The van der Waals surface area contributed by atoms with Crippen LogP contribution < -0.4 is 11.1 Å². The van der Waals surface area contributed by atoms with Gasteiger partial charge in [-0.1, -0.05) is 24.3 Å². The minimum atomic E-state index is -1.51. The highest BCUT2D eigenvalue weighted by Gasteiger charge is 2.17. The molecule has 2 aromatic carbocycles. The monoisotopic (exact) mass is 292 g/mol. The third-order valence-electron chi connectivity index (χ3n) is 3.12. The first-order valence-corrected chi connectivity index (χ1v) is 6.26. The minimum absolute atomic E-state index is 0.0932. The molecule has 0 spiro atoms. The molecule has 4 nitrogen and oxygen atoms in total. The second-order valence-corrected chi connectivity index (χ2v) is 4.42. The van der Waals surface area contributed by atoms with E-state index in [1.807, 2.05) is 24.3 Å². The van der Waals surface area contributed by atoms with Crippen molar-refractivity contribution in [1.82, 2.24) is 0 Å². The molecule has 0 atom stereocenters. The van der Waals surface area contributed by atoms with Crippen LogP contribution in [0.1, 0.15) is 21.5 Å². The summed E-state index contributed by atoms with van der Waals surface area (Å²) in [6.45, 7) is 0.600. The molecule has 0 radical (unpaired) electrons. The van der Waals surface area contributed by atoms with Gasteiger partial charge in [0.15, 0.2) is 11.6 Å². The lowest BCUT2D eigenvalue weighted by Crippen LogP contribution is -2.09. The van der Waals surface area contributed by atoms with Gasteiger partial charge in [0.05, 0.1) is 11.3 Å². The molecule has 21 heavy (non-hydrogen) atoms. The van der Waals surface area contributed by atoms with Crippen LogP contribution in [0.15, 0.2) is 36.4 Å². The van der Waals surface area contributed by atoms with Gasteiger partial charge in [0.25, 0.3) is 0 Å². The maximum atomic E-state index is 13.8. The third kappa shape index (κ3) is 3.17. The van der Waals surface area contributed by atoms with Crippen molar-refractivity contribution in [1.29, 1.82) is 0 Å². The SMILES string of the molecule is NCc1ccccc1CNc1ccc(C(=O)O)c(F)c1F. The van der Waals surface area contributed by atoms with Crippen LogP contribution in [0.25, 0.3) is 0 Å². The topological polar surface area (TPSA) is 75.3 Å². The Bertz CT molecular complexity index is 675. The maximum Gasteiger partial charge on any atom is 0.338 e. The lowest BCUT2D eigenvalue weighted by molar-refractivity contribution is 0.0690. The van der Waals surface area contributed by atoms with E-state index in [1.165, 1.54) is 6.07 Å². The molecular formula is C15H14F2N2O2. The van der Waals surface area contributed by atoms with Crippen LogP contribution in [0.5, 0.6) is 0 Å². The van der Waals surface area contributed by atoms with E-state index in [4.69, 9.17) is 10.8 Å². The third-order valence-corrected chi connectivity index (χ3v) is 3.12. The number of carboxylic acid groups (broad SMARTS) is 1. The molecule has 0 aromatic heterocycles. The van der Waals surface area contributed by atoms with Crippen molar-refractivity contribution in [3.05, 3.63) is 64.7 Å². The van der Waals surface area contributed by atoms with Crippen LogP contribution in [0.2, 0.25) is 0 Å². The highest BCUT2D eigenvalue weighted by atomic mass is 19.2. The van der Waals surface area contributed by atoms with E-state index in [1.54, 1.807) is 0 Å². The lowest BCUT2D eigenvalue weighted by atomic mass is 10.1. The number of rotatable bonds is 5. The van der Waals surface area contributed by atoms with Gasteiger partial charge in [0.2, 0.25) is 0 Å². The van der Waals surface area contributed by atoms with E-state index in [-0.39, 0.29) is 12.2 Å². The number of hydrogen-bond acceptors (Lipinski definition) is 3. The standard InChI is InChI=1S/C15H14F2N2O2/c16-13-11(15(20)21)5-6-12(14(13)17)19-8-10-4-2-1-3-9(10)7-18/h1-6,19H,7-8,18H2,(H,20,21). The average Bonchev–Trinajstić information content (AvgIpc) is 2.48. The van der Waals surface area contributed by atoms with Gasteiger partial charge in [-0.2, -0.15) is 0 Å². The Morgan fingerprint density at radius 3 is 2.38 bits per heavy atom. The summed E-state index contributed by atoms with van der Waals surface area (Å²) in [7, 11) is 0. The molecule has 4 N–H and O–H groups in total. The Balaban J connectivity index is 2.21. The number of carbonyl (C=O) groups is 1. The van der Waals surface area contributed by atoms with Gasteiger partial charge in [0.1, 0.15) is 0 Å². The normalized spacial score (nSPS) is 10.4. The summed E-state index contributed by atoms with van der Waals surface area (Å²) < 4.78 is 27.4. The number of hydrogen-bond donors (Lipinski definition) is 3. The van der Waals surface area contributed by atoms with Gasteiger partial charge in [-0.05, 0) is 23.3 Å². The first-order valence-electron chi connectivity index (χ1n) is 6.26. The molecule has 0 heterocycles. The fourth-order valence-corrected chi connectivity index (χ4v) is 1.97. The van der Waals surface area contributed by atoms with Crippen LogP contribution >= 0.6 is 0 Å². The quantitative estimate of drug-likeness (QED) is 0.792. The van der Waals surface area contributed by atoms with E-state index in [9.17, 15) is 13.6 Å². The van der Waals surface area contributed by atoms with E-state index in [2.05, 4.69) is 5.32 Å². The van der Waals surface area contributed by atoms with Gasteiger partial charge < -0.3 is 16.2 Å². The van der Waals surface area contributed by atoms with Crippen molar-refractivity contribution >= 4 is 11.7 Å². The maximum absolute atomic E-state index is 13.8. The van der Waals surface area contributed by atoms with Gasteiger partial charge in [-0.15, -0.1) is 0 Å². The second kappa shape index (κ2) is 6.32. The second-order valence-electron chi connectivity index (χ2n) is 4.42. The molecule has 110 valence electrons. The summed E-state index contributed by atoms with van der Waals surface area (Å²) in [6.07, 6.45) is 0. The zero-order chi connectivity index (χ0) is 15.4. The minimum Gasteiger partial charge on any atom is -0.478 e. The number of nitrogens with two attached hydrogens (primary N) is 1. The molecule has 2 aromatic rings. The van der Waals surface area contributed by atoms with E-state index in [0.29, 0.717) is 6.54 Å². The van der Waals surface area contributed by atoms with Gasteiger partial charge >= 0.3 is 5.97 Å². The predicted octanol–water partition coefficient (Wildman–Crippen LogP) is 2.73. The van der Waals surface area contributed by atoms with Crippen molar-refractivity contribution in [2.45, 2.75) is 13.1 Å². The van der Waals surface area contributed by atoms with Crippen LogP contribution in [0.4, 0.5) is 14.5 Å². The zero-order valence-electron chi connectivity index (χ0n) is 11.1. The average molecular weight is 292 g/mol. The van der Waals surface area contributed by atoms with Crippen LogP contribution in [-0.4, -0.2) is 11.1 Å². The van der Waals surface area contributed by atoms with Crippen LogP contribution in [0, 0.1) is 11.6 Å². The van der Waals surface area contributed by atoms with Crippen molar-refractivity contribution in [2.75, 3.05) is 5.32 Å². The fourth-order valence-electron chi connectivity index (χ4n) is 1.97. The Kier molecular flexibility index (Phi) is 4.49. The molecule has 0 aliphatic rings. The zero-order valence-corrected chi connectivity index (χ0v) is 11.1. The molecule has 6 heteroatoms. The summed E-state index contributed by atoms with van der Waals surface area (Å²) in [6, 6.07) is 9.57. The molecule has 0 bridgehead atoms. The molecule has 2 rings (SSSR count). The summed E-state index contributed by atoms with van der Waals surface area (Å²) >= 11 is 0. The Morgan fingerprint density at radius 1 is 1.10 bits per heavy atom. The summed E-state index contributed by atoms with van der Waals surface area (Å²) in [5.41, 5.74) is 6.57. The first-order chi connectivity index (χ1) is 10.0. The van der Waals surface area contributed by atoms with Crippen molar-refractivity contribution in [2.24, 2.45) is 5.73 Å². The van der Waals surface area contributed by atoms with Gasteiger partial charge in [-0.25, -0.2) is 13.6 Å². The lowest BCUT2D eigenvalue weighted by Gasteiger charge is -2.12. The van der Waals surface area contributed by atoms with E-state index in [0.717, 1.165) is 17.2 Å². The van der Waals surface area contributed by atoms with Crippen LogP contribution in [-0.2, 0) is 13.1 Å². The highest BCUT2D eigenvalue weighted by molar-refractivity contribution is 5.88. The number of halogens is 2. The predicted molar refractivity (Wildman–Crippen MR) is 75.0 cm³/mol. The van der Waals surface area contributed by atoms with Crippen molar-refractivity contribution in [3.63, 3.8) is 0 Å². The smallest absolute Gasteiger partial charge is 0.338 e. The summed E-state index contributed by atoms with van der Waals surface area (Å²) in [4.78, 5) is 10.7. The number of carboxylic acids is 1. The highest BCUT2D eigenvalue weighted by Crippen LogP contribution is 2.21. The number of aromatic carboxylic acids is 1. The number of benzene rings is 2. The van der Waals surface area contributed by atoms with Crippen molar-refractivity contribution < 1.29 is 18.7 Å². The molecule has 0 aliphatic carbocycles. The fraction of sp³-hybridized carbons (Fsp3) is 0.133. The van der Waals surface area contributed by atoms with Gasteiger partial charge in [-0.3, -0.25) is 0 Å². The van der Waals surface area contributed by atoms with Crippen LogP contribution in [0.3, 0.4) is 0 Å². The van der Waals surface area contributed by atoms with E-state index < -0.39 is 23.2 Å². The molecule has 0 amide bonds.